The molecule has 38 heavy (non-hydrogen) atoms. The van der Waals surface area contributed by atoms with Crippen molar-refractivity contribution >= 4 is 24.4 Å². The molecule has 0 saturated carbocycles. The van der Waals surface area contributed by atoms with E-state index in [1.54, 1.807) is 0 Å². The molecule has 2 fully saturated rings. The fraction of sp³-hybridized carbons (Fsp3) is 0.840. The number of nitrogens with one attached hydrogen (secondary N) is 1. The number of piperazine rings is 2. The highest BCUT2D eigenvalue weighted by atomic mass is 16.7. The molecule has 0 spiro atoms. The maximum atomic E-state index is 11.8. The van der Waals surface area contributed by atoms with E-state index in [-0.39, 0.29) is 45.8 Å². The molecule has 1 N–H and O–H groups in total. The molecule has 13 nitrogen and oxygen atoms in total. The fourth-order valence-corrected chi connectivity index (χ4v) is 3.67. The lowest BCUT2D eigenvalue weighted by molar-refractivity contribution is -0.167. The average molecular weight is 549 g/mol. The molecule has 13 heteroatoms. The van der Waals surface area contributed by atoms with Crippen LogP contribution in [0.3, 0.4) is 0 Å². The van der Waals surface area contributed by atoms with Crippen LogP contribution in [0.25, 0.3) is 0 Å². The summed E-state index contributed by atoms with van der Waals surface area (Å²) < 4.78 is 23.3. The Labute approximate surface area is 227 Å². The van der Waals surface area contributed by atoms with E-state index < -0.39 is 5.97 Å². The van der Waals surface area contributed by atoms with E-state index in [1.807, 2.05) is 0 Å². The number of carbonyl (C=O) groups excluding carboxylic acids is 4. The van der Waals surface area contributed by atoms with Crippen molar-refractivity contribution in [3.05, 3.63) is 0 Å². The van der Waals surface area contributed by atoms with Gasteiger partial charge in [0.15, 0.2) is 6.61 Å². The van der Waals surface area contributed by atoms with Crippen molar-refractivity contribution in [1.82, 2.24) is 20.0 Å². The van der Waals surface area contributed by atoms with Gasteiger partial charge in [-0.1, -0.05) is 14.4 Å². The van der Waals surface area contributed by atoms with Crippen molar-refractivity contribution in [1.29, 1.82) is 0 Å². The molecule has 2 rings (SSSR count). The number of hydrogen-bond donors (Lipinski definition) is 1. The summed E-state index contributed by atoms with van der Waals surface area (Å²) in [6, 6.07) is 0. The quantitative estimate of drug-likeness (QED) is 0.0892. The molecule has 2 aliphatic rings. The highest BCUT2D eigenvalue weighted by Crippen LogP contribution is 2.04. The van der Waals surface area contributed by atoms with Gasteiger partial charge in [0.05, 0.1) is 19.4 Å². The number of hydrogen-bond acceptors (Lipinski definition) is 13. The Bertz CT molecular complexity index is 640. The first kappa shape index (κ1) is 35.7. The van der Waals surface area contributed by atoms with Crippen molar-refractivity contribution in [3.8, 4) is 0 Å². The third-order valence-electron chi connectivity index (χ3n) is 5.74. The zero-order valence-electron chi connectivity index (χ0n) is 22.3. The summed E-state index contributed by atoms with van der Waals surface area (Å²) in [5.41, 5.74) is 0. The smallest absolute Gasteiger partial charge is 0.344 e. The van der Waals surface area contributed by atoms with Gasteiger partial charge < -0.3 is 43.7 Å². The SMILES string of the molecule is C.CCCN1CCN(CCC(=O)OCOC(=O)CCN2CCNCC2)CC1.COCCOC(=O)COC=O. The average Bonchev–Trinajstić information content (AvgIpc) is 2.91. The summed E-state index contributed by atoms with van der Waals surface area (Å²) in [6.07, 6.45) is 1.85. The first-order valence-corrected chi connectivity index (χ1v) is 12.9. The minimum atomic E-state index is -0.575. The Hall–Kier alpha value is -2.32. The van der Waals surface area contributed by atoms with E-state index in [0.717, 1.165) is 58.9 Å². The molecule has 0 amide bonds. The van der Waals surface area contributed by atoms with Crippen molar-refractivity contribution in [2.45, 2.75) is 33.6 Å². The number of rotatable bonds is 16. The molecule has 0 aliphatic carbocycles. The molecule has 2 aliphatic heterocycles. The van der Waals surface area contributed by atoms with Crippen LogP contribution in [0.4, 0.5) is 0 Å². The summed E-state index contributed by atoms with van der Waals surface area (Å²) in [5, 5.41) is 3.27. The predicted octanol–water partition coefficient (Wildman–Crippen LogP) is -0.272. The number of esters is 3. The van der Waals surface area contributed by atoms with Gasteiger partial charge in [-0.3, -0.25) is 14.4 Å². The zero-order chi connectivity index (χ0) is 27.1. The molecule has 0 bridgehead atoms. The second kappa shape index (κ2) is 23.8. The highest BCUT2D eigenvalue weighted by molar-refractivity contribution is 5.72. The fourth-order valence-electron chi connectivity index (χ4n) is 3.67. The zero-order valence-corrected chi connectivity index (χ0v) is 22.3. The standard InChI is InChI=1S/C18H34N4O4.C6H10O5.CH4/c1-2-7-20-12-14-22(15-13-20)9-4-18(24)26-16-25-17(23)3-8-21-10-5-19-6-11-21;1-9-2-3-11-6(8)4-10-5-7;/h19H,2-16H2,1H3;5H,2-4H2,1H3;1H4. The van der Waals surface area contributed by atoms with Crippen LogP contribution in [0, 0.1) is 0 Å². The van der Waals surface area contributed by atoms with Gasteiger partial charge in [0.25, 0.3) is 6.47 Å². The predicted molar refractivity (Wildman–Crippen MR) is 140 cm³/mol. The van der Waals surface area contributed by atoms with E-state index >= 15 is 0 Å². The van der Waals surface area contributed by atoms with Crippen LogP contribution in [0.15, 0.2) is 0 Å². The van der Waals surface area contributed by atoms with Gasteiger partial charge in [-0.15, -0.1) is 0 Å². The number of methoxy groups -OCH3 is 1. The summed E-state index contributed by atoms with van der Waals surface area (Å²) in [7, 11) is 1.50. The Morgan fingerprint density at radius 1 is 0.763 bits per heavy atom. The first-order valence-electron chi connectivity index (χ1n) is 12.9. The number of carbonyl (C=O) groups is 4. The normalized spacial score (nSPS) is 16.3. The lowest BCUT2D eigenvalue weighted by Gasteiger charge is -2.34. The monoisotopic (exact) mass is 548 g/mol. The third-order valence-corrected chi connectivity index (χ3v) is 5.74. The summed E-state index contributed by atoms with van der Waals surface area (Å²) in [6.45, 7) is 12.8. The largest absolute Gasteiger partial charge is 0.461 e. The second-order valence-electron chi connectivity index (χ2n) is 8.55. The molecule has 2 saturated heterocycles. The van der Waals surface area contributed by atoms with Gasteiger partial charge in [-0.2, -0.15) is 0 Å². The molecule has 0 aromatic rings. The van der Waals surface area contributed by atoms with Crippen LogP contribution < -0.4 is 5.32 Å². The summed E-state index contributed by atoms with van der Waals surface area (Å²) in [5.74, 6) is -1.20. The lowest BCUT2D eigenvalue weighted by Crippen LogP contribution is -2.47. The van der Waals surface area contributed by atoms with Crippen LogP contribution in [-0.2, 0) is 42.9 Å². The summed E-state index contributed by atoms with van der Waals surface area (Å²) in [4.78, 5) is 50.5. The molecule has 0 unspecified atom stereocenters. The van der Waals surface area contributed by atoms with Gasteiger partial charge >= 0.3 is 17.9 Å². The van der Waals surface area contributed by atoms with E-state index in [9.17, 15) is 19.2 Å². The molecule has 0 radical (unpaired) electrons. The van der Waals surface area contributed by atoms with Gasteiger partial charge in [0.1, 0.15) is 6.61 Å². The van der Waals surface area contributed by atoms with Crippen LogP contribution in [-0.4, -0.2) is 145 Å². The highest BCUT2D eigenvalue weighted by Gasteiger charge is 2.17. The molecule has 0 aromatic carbocycles. The lowest BCUT2D eigenvalue weighted by atomic mass is 10.2. The molecule has 222 valence electrons. The maximum Gasteiger partial charge on any atom is 0.344 e. The van der Waals surface area contributed by atoms with E-state index in [0.29, 0.717) is 32.5 Å². The minimum absolute atomic E-state index is 0. The van der Waals surface area contributed by atoms with Crippen molar-refractivity contribution in [2.75, 3.05) is 106 Å². The van der Waals surface area contributed by atoms with E-state index in [1.165, 1.54) is 13.5 Å². The van der Waals surface area contributed by atoms with Gasteiger partial charge in [0.2, 0.25) is 6.79 Å². The van der Waals surface area contributed by atoms with E-state index in [2.05, 4.69) is 41.2 Å². The number of ether oxygens (including phenoxy) is 5. The molecule has 2 heterocycles. The molecular formula is C25H48N4O9. The Balaban J connectivity index is 0.000000970. The van der Waals surface area contributed by atoms with Gasteiger partial charge in [0, 0.05) is 72.6 Å². The Morgan fingerprint density at radius 3 is 1.79 bits per heavy atom. The summed E-state index contributed by atoms with van der Waals surface area (Å²) >= 11 is 0. The van der Waals surface area contributed by atoms with Crippen LogP contribution >= 0.6 is 0 Å². The first-order chi connectivity index (χ1) is 18.0. The van der Waals surface area contributed by atoms with Crippen LogP contribution in [0.2, 0.25) is 0 Å². The van der Waals surface area contributed by atoms with Crippen LogP contribution in [0.1, 0.15) is 33.6 Å². The Kier molecular flexibility index (Phi) is 22.3. The van der Waals surface area contributed by atoms with E-state index in [4.69, 9.17) is 9.47 Å². The van der Waals surface area contributed by atoms with Crippen molar-refractivity contribution in [3.63, 3.8) is 0 Å². The Morgan fingerprint density at radius 2 is 1.29 bits per heavy atom. The molecule has 0 aromatic heterocycles. The molecular weight excluding hydrogens is 500 g/mol. The maximum absolute atomic E-state index is 11.8. The third kappa shape index (κ3) is 18.9. The number of nitrogens with zero attached hydrogens (tertiary/aromatic N) is 3. The molecule has 0 atom stereocenters. The second-order valence-corrected chi connectivity index (χ2v) is 8.55. The van der Waals surface area contributed by atoms with Crippen molar-refractivity contribution in [2.24, 2.45) is 0 Å². The van der Waals surface area contributed by atoms with Crippen molar-refractivity contribution < 1.29 is 42.9 Å². The van der Waals surface area contributed by atoms with Gasteiger partial charge in [-0.25, -0.2) is 4.79 Å². The van der Waals surface area contributed by atoms with Gasteiger partial charge in [-0.05, 0) is 13.0 Å². The minimum Gasteiger partial charge on any atom is -0.461 e. The van der Waals surface area contributed by atoms with Crippen LogP contribution in [0.5, 0.6) is 0 Å². The topological polar surface area (TPSA) is 136 Å².